The first-order valence-electron chi connectivity index (χ1n) is 16.9. The van der Waals surface area contributed by atoms with Crippen LogP contribution in [-0.2, 0) is 0 Å². The Hall–Kier alpha value is -5.46. The van der Waals surface area contributed by atoms with E-state index in [1.807, 2.05) is 0 Å². The van der Waals surface area contributed by atoms with Gasteiger partial charge in [0.05, 0.1) is 0 Å². The molecular formula is C48H42. The van der Waals surface area contributed by atoms with Crippen LogP contribution >= 0.6 is 0 Å². The molecule has 0 aliphatic carbocycles. The van der Waals surface area contributed by atoms with Crippen LogP contribution in [0.25, 0.3) is 64.6 Å². The van der Waals surface area contributed by atoms with Crippen molar-refractivity contribution in [2.24, 2.45) is 0 Å². The van der Waals surface area contributed by atoms with Gasteiger partial charge in [0.25, 0.3) is 0 Å². The Bertz CT molecular complexity index is 2610. The molecule has 0 spiro atoms. The van der Waals surface area contributed by atoms with Crippen molar-refractivity contribution in [2.75, 3.05) is 0 Å². The number of benzene rings is 9. The summed E-state index contributed by atoms with van der Waals surface area (Å²) in [6.45, 7) is 13.0. The van der Waals surface area contributed by atoms with E-state index in [9.17, 15) is 0 Å². The van der Waals surface area contributed by atoms with Crippen molar-refractivity contribution in [3.8, 4) is 0 Å². The Morgan fingerprint density at radius 3 is 1.50 bits per heavy atom. The van der Waals surface area contributed by atoms with Crippen LogP contribution in [0.1, 0.15) is 33.4 Å². The minimum atomic E-state index is 1.32. The van der Waals surface area contributed by atoms with Gasteiger partial charge in [0, 0.05) is 0 Å². The molecule has 0 aliphatic heterocycles. The first kappa shape index (κ1) is 31.2. The lowest BCUT2D eigenvalue weighted by molar-refractivity contribution is 1.43. The van der Waals surface area contributed by atoms with Crippen LogP contribution in [0.15, 0.2) is 146 Å². The third-order valence-electron chi connectivity index (χ3n) is 9.63. The summed E-state index contributed by atoms with van der Waals surface area (Å²) < 4.78 is 0. The molecule has 0 heterocycles. The maximum atomic E-state index is 2.28. The van der Waals surface area contributed by atoms with Crippen molar-refractivity contribution in [3.05, 3.63) is 179 Å². The van der Waals surface area contributed by atoms with E-state index in [4.69, 9.17) is 0 Å². The molecule has 48 heavy (non-hydrogen) atoms. The van der Waals surface area contributed by atoms with Gasteiger partial charge in [0.15, 0.2) is 0 Å². The van der Waals surface area contributed by atoms with E-state index in [-0.39, 0.29) is 0 Å². The normalized spacial score (nSPS) is 11.1. The minimum Gasteiger partial charge on any atom is -0.0616 e. The van der Waals surface area contributed by atoms with Gasteiger partial charge < -0.3 is 0 Å². The van der Waals surface area contributed by atoms with Gasteiger partial charge in [-0.1, -0.05) is 162 Å². The van der Waals surface area contributed by atoms with E-state index in [1.165, 1.54) is 98.0 Å². The summed E-state index contributed by atoms with van der Waals surface area (Å²) in [6.07, 6.45) is 0. The van der Waals surface area contributed by atoms with Gasteiger partial charge >= 0.3 is 0 Å². The van der Waals surface area contributed by atoms with Crippen molar-refractivity contribution < 1.29 is 0 Å². The van der Waals surface area contributed by atoms with E-state index < -0.39 is 0 Å². The maximum Gasteiger partial charge on any atom is -0.00759 e. The average molecular weight is 619 g/mol. The molecule has 0 aliphatic rings. The van der Waals surface area contributed by atoms with Gasteiger partial charge in [-0.25, -0.2) is 0 Å². The standard InChI is InChI=1S/3C16H14/c1-11-9-12(2)16-14(10-11)8-7-13-5-3-4-6-15(13)16;1-11-7-8-15-13(9-11)10-12(2)14-5-3-4-6-16(14)15;1-11-7-8-14-12(2)10-13-5-3-4-6-15(13)16(14)9-11/h3*3-10H,1-2H3. The van der Waals surface area contributed by atoms with E-state index in [0.29, 0.717) is 0 Å². The Balaban J connectivity index is 0.000000114. The molecule has 0 bridgehead atoms. The third kappa shape index (κ3) is 6.03. The Kier molecular flexibility index (Phi) is 8.42. The van der Waals surface area contributed by atoms with Gasteiger partial charge in [-0.05, 0) is 123 Å². The van der Waals surface area contributed by atoms with Crippen LogP contribution in [-0.4, -0.2) is 0 Å². The predicted octanol–water partition coefficient (Wildman–Crippen LogP) is 13.8. The number of hydrogen-bond acceptors (Lipinski definition) is 0. The monoisotopic (exact) mass is 618 g/mol. The van der Waals surface area contributed by atoms with Crippen LogP contribution in [0.2, 0.25) is 0 Å². The summed E-state index contributed by atoms with van der Waals surface area (Å²) in [5.41, 5.74) is 8.06. The van der Waals surface area contributed by atoms with Crippen LogP contribution in [0.3, 0.4) is 0 Å². The average Bonchev–Trinajstić information content (AvgIpc) is 3.08. The van der Waals surface area contributed by atoms with Gasteiger partial charge in [-0.15, -0.1) is 0 Å². The van der Waals surface area contributed by atoms with E-state index in [0.717, 1.165) is 0 Å². The highest BCUT2D eigenvalue weighted by Gasteiger charge is 2.05. The molecule has 0 amide bonds. The first-order chi connectivity index (χ1) is 23.3. The molecule has 0 atom stereocenters. The highest BCUT2D eigenvalue weighted by Crippen LogP contribution is 2.31. The zero-order chi connectivity index (χ0) is 33.4. The SMILES string of the molecule is Cc1cc(C)c2c(ccc3ccccc32)c1.Cc1ccc2c(C)cc3ccccc3c2c1.Cc1ccc2c(c1)cc(C)c1ccccc12. The number of hydrogen-bond donors (Lipinski definition) is 0. The fraction of sp³-hybridized carbons (Fsp3) is 0.125. The lowest BCUT2D eigenvalue weighted by Gasteiger charge is -2.08. The third-order valence-corrected chi connectivity index (χ3v) is 9.63. The molecule has 0 saturated carbocycles. The van der Waals surface area contributed by atoms with Crippen molar-refractivity contribution in [1.29, 1.82) is 0 Å². The predicted molar refractivity (Wildman–Crippen MR) is 213 cm³/mol. The molecule has 0 nitrogen and oxygen atoms in total. The lowest BCUT2D eigenvalue weighted by atomic mass is 9.97. The van der Waals surface area contributed by atoms with Crippen molar-refractivity contribution >= 4 is 64.6 Å². The van der Waals surface area contributed by atoms with Crippen molar-refractivity contribution in [1.82, 2.24) is 0 Å². The summed E-state index contributed by atoms with van der Waals surface area (Å²) >= 11 is 0. The van der Waals surface area contributed by atoms with Gasteiger partial charge in [0.2, 0.25) is 0 Å². The zero-order valence-electron chi connectivity index (χ0n) is 28.9. The second-order valence-corrected chi connectivity index (χ2v) is 13.4. The molecule has 9 aromatic carbocycles. The van der Waals surface area contributed by atoms with Crippen LogP contribution < -0.4 is 0 Å². The van der Waals surface area contributed by atoms with Gasteiger partial charge in [-0.2, -0.15) is 0 Å². The second-order valence-electron chi connectivity index (χ2n) is 13.4. The number of rotatable bonds is 0. The fourth-order valence-electron chi connectivity index (χ4n) is 7.37. The minimum absolute atomic E-state index is 1.32. The molecular weight excluding hydrogens is 577 g/mol. The quantitative estimate of drug-likeness (QED) is 0.148. The van der Waals surface area contributed by atoms with E-state index >= 15 is 0 Å². The first-order valence-corrected chi connectivity index (χ1v) is 16.9. The Labute approximate surface area is 284 Å². The summed E-state index contributed by atoms with van der Waals surface area (Å²) in [6, 6.07) is 52.7. The summed E-state index contributed by atoms with van der Waals surface area (Å²) in [5.74, 6) is 0. The Morgan fingerprint density at radius 2 is 0.750 bits per heavy atom. The van der Waals surface area contributed by atoms with E-state index in [1.54, 1.807) is 0 Å². The summed E-state index contributed by atoms with van der Waals surface area (Å²) in [5, 5.41) is 16.3. The topological polar surface area (TPSA) is 0 Å². The molecule has 0 fully saturated rings. The number of fused-ring (bicyclic) bond motifs is 9. The number of aryl methyl sites for hydroxylation is 6. The second kappa shape index (κ2) is 13.0. The molecule has 0 saturated heterocycles. The Morgan fingerprint density at radius 1 is 0.250 bits per heavy atom. The highest BCUT2D eigenvalue weighted by molar-refractivity contribution is 6.11. The molecule has 0 unspecified atom stereocenters. The fourth-order valence-corrected chi connectivity index (χ4v) is 7.37. The van der Waals surface area contributed by atoms with Crippen LogP contribution in [0, 0.1) is 41.5 Å². The molecule has 234 valence electrons. The van der Waals surface area contributed by atoms with Crippen molar-refractivity contribution in [3.63, 3.8) is 0 Å². The van der Waals surface area contributed by atoms with Crippen LogP contribution in [0.5, 0.6) is 0 Å². The molecule has 9 aromatic rings. The summed E-state index contributed by atoms with van der Waals surface area (Å²) in [4.78, 5) is 0. The van der Waals surface area contributed by atoms with Gasteiger partial charge in [-0.3, -0.25) is 0 Å². The van der Waals surface area contributed by atoms with Crippen molar-refractivity contribution in [2.45, 2.75) is 41.5 Å². The van der Waals surface area contributed by atoms with Gasteiger partial charge in [0.1, 0.15) is 0 Å². The molecule has 0 heteroatoms. The lowest BCUT2D eigenvalue weighted by Crippen LogP contribution is -1.83. The smallest absolute Gasteiger partial charge is 0.00759 e. The van der Waals surface area contributed by atoms with E-state index in [2.05, 4.69) is 187 Å². The molecule has 0 N–H and O–H groups in total. The summed E-state index contributed by atoms with van der Waals surface area (Å²) in [7, 11) is 0. The largest absolute Gasteiger partial charge is 0.0616 e. The molecule has 9 rings (SSSR count). The highest BCUT2D eigenvalue weighted by atomic mass is 14.1. The molecule has 0 aromatic heterocycles. The zero-order valence-corrected chi connectivity index (χ0v) is 28.9. The maximum absolute atomic E-state index is 2.28. The van der Waals surface area contributed by atoms with Crippen LogP contribution in [0.4, 0.5) is 0 Å². The molecule has 0 radical (unpaired) electrons.